The predicted molar refractivity (Wildman–Crippen MR) is 112 cm³/mol. The molecule has 158 valence electrons. The number of sulfonamides is 1. The number of hydrogen-bond donors (Lipinski definition) is 0. The molecule has 1 saturated heterocycles. The minimum absolute atomic E-state index is 0.0588. The van der Waals surface area contributed by atoms with Crippen LogP contribution in [0.2, 0.25) is 5.02 Å². The molecule has 1 aliphatic carbocycles. The summed E-state index contributed by atoms with van der Waals surface area (Å²) in [7, 11) is -1.90. The van der Waals surface area contributed by atoms with Crippen molar-refractivity contribution in [3.8, 4) is 0 Å². The second kappa shape index (κ2) is 7.89. The van der Waals surface area contributed by atoms with Gasteiger partial charge in [0.15, 0.2) is 0 Å². The van der Waals surface area contributed by atoms with Crippen LogP contribution < -0.4 is 5.69 Å². The molecule has 2 aromatic rings. The number of halogens is 1. The van der Waals surface area contributed by atoms with Crippen LogP contribution in [0.15, 0.2) is 27.9 Å². The highest BCUT2D eigenvalue weighted by molar-refractivity contribution is 7.89. The summed E-state index contributed by atoms with van der Waals surface area (Å²) >= 11 is 6.13. The lowest BCUT2D eigenvalue weighted by molar-refractivity contribution is 0.304. The van der Waals surface area contributed by atoms with Crippen molar-refractivity contribution in [2.75, 3.05) is 13.1 Å². The van der Waals surface area contributed by atoms with Crippen LogP contribution in [-0.2, 0) is 17.1 Å². The Kier molecular flexibility index (Phi) is 5.61. The quantitative estimate of drug-likeness (QED) is 0.734. The van der Waals surface area contributed by atoms with Crippen molar-refractivity contribution in [3.63, 3.8) is 0 Å². The molecule has 0 spiro atoms. The highest BCUT2D eigenvalue weighted by Gasteiger charge is 2.34. The third-order valence-corrected chi connectivity index (χ3v) is 8.78. The summed E-state index contributed by atoms with van der Waals surface area (Å²) in [6, 6.07) is 5.20. The lowest BCUT2D eigenvalue weighted by Crippen LogP contribution is -2.39. The van der Waals surface area contributed by atoms with Gasteiger partial charge < -0.3 is 0 Å². The molecule has 2 aliphatic rings. The van der Waals surface area contributed by atoms with Crippen LogP contribution in [0.3, 0.4) is 0 Å². The molecule has 1 aromatic carbocycles. The topological polar surface area (TPSA) is 77.2 Å². The molecule has 1 aliphatic heterocycles. The third kappa shape index (κ3) is 3.66. The molecule has 7 nitrogen and oxygen atoms in total. The fraction of sp³-hybridized carbons (Fsp3) is 0.600. The van der Waals surface area contributed by atoms with Gasteiger partial charge in [-0.2, -0.15) is 9.40 Å². The maximum atomic E-state index is 13.1. The zero-order valence-electron chi connectivity index (χ0n) is 16.8. The number of benzene rings is 1. The van der Waals surface area contributed by atoms with Gasteiger partial charge in [0, 0.05) is 37.1 Å². The van der Waals surface area contributed by atoms with E-state index in [-0.39, 0.29) is 22.5 Å². The van der Waals surface area contributed by atoms with Crippen molar-refractivity contribution in [1.82, 2.24) is 18.7 Å². The Balaban J connectivity index is 1.55. The summed E-state index contributed by atoms with van der Waals surface area (Å²) in [4.78, 5) is 12.9. The van der Waals surface area contributed by atoms with E-state index in [1.54, 1.807) is 32.2 Å². The fourth-order valence-electron chi connectivity index (χ4n) is 4.64. The van der Waals surface area contributed by atoms with Crippen LogP contribution in [0.5, 0.6) is 0 Å². The molecule has 4 rings (SSSR count). The summed E-state index contributed by atoms with van der Waals surface area (Å²) < 4.78 is 31.1. The number of piperidine rings is 1. The maximum absolute atomic E-state index is 13.1. The molecule has 1 saturated carbocycles. The normalized spacial score (nSPS) is 19.8. The lowest BCUT2D eigenvalue weighted by atomic mass is 9.97. The van der Waals surface area contributed by atoms with Crippen molar-refractivity contribution in [3.05, 3.63) is 45.1 Å². The van der Waals surface area contributed by atoms with Crippen LogP contribution in [0.1, 0.15) is 61.9 Å². The second-order valence-electron chi connectivity index (χ2n) is 8.11. The van der Waals surface area contributed by atoms with Gasteiger partial charge in [0.25, 0.3) is 0 Å². The van der Waals surface area contributed by atoms with E-state index in [0.29, 0.717) is 36.5 Å². The molecule has 0 N–H and O–H groups in total. The lowest BCUT2D eigenvalue weighted by Gasteiger charge is -2.31. The molecular formula is C20H27ClN4O3S. The Bertz CT molecular complexity index is 1060. The predicted octanol–water partition coefficient (Wildman–Crippen LogP) is 3.23. The molecule has 2 fully saturated rings. The highest BCUT2D eigenvalue weighted by Crippen LogP contribution is 2.35. The van der Waals surface area contributed by atoms with Gasteiger partial charge in [-0.3, -0.25) is 4.57 Å². The standard InChI is InChI=1S/C20H27ClN4O3S/c1-14-17(21)8-5-9-18(14)29(27,28)24-12-10-15(11-13-24)19-22-23(2)20(26)25(19)16-6-3-4-7-16/h5,8-9,15-16H,3-4,6-7,10-13H2,1-2H3. The fourth-order valence-corrected chi connectivity index (χ4v) is 6.59. The van der Waals surface area contributed by atoms with Crippen molar-refractivity contribution in [2.45, 2.75) is 62.3 Å². The number of nitrogens with zero attached hydrogens (tertiary/aromatic N) is 4. The van der Waals surface area contributed by atoms with Gasteiger partial charge in [-0.05, 0) is 50.3 Å². The average molecular weight is 439 g/mol. The van der Waals surface area contributed by atoms with Gasteiger partial charge in [-0.25, -0.2) is 17.9 Å². The van der Waals surface area contributed by atoms with E-state index in [0.717, 1.165) is 31.5 Å². The average Bonchev–Trinajstić information content (AvgIpc) is 3.32. The second-order valence-corrected chi connectivity index (χ2v) is 10.4. The van der Waals surface area contributed by atoms with Gasteiger partial charge in [0.1, 0.15) is 5.82 Å². The van der Waals surface area contributed by atoms with Gasteiger partial charge >= 0.3 is 5.69 Å². The minimum atomic E-state index is -3.59. The van der Waals surface area contributed by atoms with Crippen LogP contribution in [0, 0.1) is 6.92 Å². The van der Waals surface area contributed by atoms with Crippen LogP contribution >= 0.6 is 11.6 Å². The minimum Gasteiger partial charge on any atom is -0.276 e. The first-order valence-electron chi connectivity index (χ1n) is 10.2. The van der Waals surface area contributed by atoms with Gasteiger partial charge in [-0.15, -0.1) is 0 Å². The summed E-state index contributed by atoms with van der Waals surface area (Å²) in [5.41, 5.74) is 0.521. The molecule has 29 heavy (non-hydrogen) atoms. The first-order valence-corrected chi connectivity index (χ1v) is 12.0. The smallest absolute Gasteiger partial charge is 0.276 e. The molecule has 0 radical (unpaired) electrons. The van der Waals surface area contributed by atoms with E-state index >= 15 is 0 Å². The van der Waals surface area contributed by atoms with Gasteiger partial charge in [-0.1, -0.05) is 30.5 Å². The van der Waals surface area contributed by atoms with E-state index in [1.807, 2.05) is 4.57 Å². The molecule has 0 atom stereocenters. The molecule has 9 heteroatoms. The van der Waals surface area contributed by atoms with E-state index in [1.165, 1.54) is 8.99 Å². The van der Waals surface area contributed by atoms with Crippen molar-refractivity contribution >= 4 is 21.6 Å². The maximum Gasteiger partial charge on any atom is 0.345 e. The first-order chi connectivity index (χ1) is 13.8. The zero-order chi connectivity index (χ0) is 20.8. The number of hydrogen-bond acceptors (Lipinski definition) is 4. The Morgan fingerprint density at radius 1 is 1.10 bits per heavy atom. The first kappa shape index (κ1) is 20.6. The summed E-state index contributed by atoms with van der Waals surface area (Å²) in [5, 5.41) is 4.98. The summed E-state index contributed by atoms with van der Waals surface area (Å²) in [5.74, 6) is 0.914. The zero-order valence-corrected chi connectivity index (χ0v) is 18.4. The highest BCUT2D eigenvalue weighted by atomic mass is 35.5. The van der Waals surface area contributed by atoms with Crippen molar-refractivity contribution in [1.29, 1.82) is 0 Å². The molecular weight excluding hydrogens is 412 g/mol. The molecule has 0 bridgehead atoms. The Hall–Kier alpha value is -1.64. The van der Waals surface area contributed by atoms with Crippen LogP contribution in [0.25, 0.3) is 0 Å². The molecule has 0 amide bonds. The Labute approximate surface area is 176 Å². The monoisotopic (exact) mass is 438 g/mol. The van der Waals surface area contributed by atoms with Gasteiger partial charge in [0.2, 0.25) is 10.0 Å². The Morgan fingerprint density at radius 3 is 2.41 bits per heavy atom. The number of rotatable bonds is 4. The van der Waals surface area contributed by atoms with Crippen LogP contribution in [0.4, 0.5) is 0 Å². The third-order valence-electron chi connectivity index (χ3n) is 6.33. The van der Waals surface area contributed by atoms with E-state index < -0.39 is 10.0 Å². The van der Waals surface area contributed by atoms with E-state index in [4.69, 9.17) is 11.6 Å². The van der Waals surface area contributed by atoms with E-state index in [9.17, 15) is 13.2 Å². The number of aromatic nitrogens is 3. The summed E-state index contributed by atoms with van der Waals surface area (Å²) in [6.07, 6.45) is 5.62. The Morgan fingerprint density at radius 2 is 1.76 bits per heavy atom. The van der Waals surface area contributed by atoms with Gasteiger partial charge in [0.05, 0.1) is 4.90 Å². The van der Waals surface area contributed by atoms with Crippen molar-refractivity contribution < 1.29 is 8.42 Å². The van der Waals surface area contributed by atoms with E-state index in [2.05, 4.69) is 5.10 Å². The molecule has 0 unspecified atom stereocenters. The van der Waals surface area contributed by atoms with Crippen molar-refractivity contribution in [2.24, 2.45) is 7.05 Å². The molecule has 2 heterocycles. The molecule has 1 aromatic heterocycles. The number of aryl methyl sites for hydroxylation is 1. The van der Waals surface area contributed by atoms with Crippen LogP contribution in [-0.4, -0.2) is 40.2 Å². The largest absolute Gasteiger partial charge is 0.345 e. The SMILES string of the molecule is Cc1c(Cl)cccc1S(=O)(=O)N1CCC(c2nn(C)c(=O)n2C2CCCC2)CC1. The summed E-state index contributed by atoms with van der Waals surface area (Å²) in [6.45, 7) is 2.55.